The molecule has 0 N–H and O–H groups in total. The Balaban J connectivity index is 1.71. The van der Waals surface area contributed by atoms with E-state index in [9.17, 15) is 9.18 Å². The monoisotopic (exact) mass is 336 g/mol. The van der Waals surface area contributed by atoms with Crippen molar-refractivity contribution in [2.24, 2.45) is 0 Å². The van der Waals surface area contributed by atoms with Gasteiger partial charge >= 0.3 is 0 Å². The molecule has 1 aromatic carbocycles. The van der Waals surface area contributed by atoms with Gasteiger partial charge in [0.15, 0.2) is 0 Å². The first-order chi connectivity index (χ1) is 11.5. The minimum Gasteiger partial charge on any atom is -0.369 e. The largest absolute Gasteiger partial charge is 0.369 e. The first-order valence-electron chi connectivity index (χ1n) is 8.45. The number of halogens is 1. The van der Waals surface area contributed by atoms with Gasteiger partial charge in [0.25, 0.3) is 0 Å². The normalized spacial score (nSPS) is 26.2. The fraction of sp³-hybridized carbons (Fsp3) is 0.611. The lowest BCUT2D eigenvalue weighted by molar-refractivity contribution is -0.147. The molecule has 2 aliphatic rings. The highest BCUT2D eigenvalue weighted by Crippen LogP contribution is 2.25. The number of amides is 1. The fourth-order valence-corrected chi connectivity index (χ4v) is 3.41. The van der Waals surface area contributed by atoms with Crippen LogP contribution < -0.4 is 0 Å². The molecule has 2 aliphatic heterocycles. The van der Waals surface area contributed by atoms with E-state index in [0.29, 0.717) is 26.3 Å². The smallest absolute Gasteiger partial charge is 0.248 e. The van der Waals surface area contributed by atoms with Crippen molar-refractivity contribution in [3.05, 3.63) is 35.6 Å². The molecule has 132 valence electrons. The number of nitrogens with zero attached hydrogens (tertiary/aromatic N) is 2. The number of morpholine rings is 1. The van der Waals surface area contributed by atoms with E-state index in [1.165, 1.54) is 12.1 Å². The molecular weight excluding hydrogens is 311 g/mol. The molecule has 0 bridgehead atoms. The van der Waals surface area contributed by atoms with E-state index >= 15 is 0 Å². The fourth-order valence-electron chi connectivity index (χ4n) is 3.41. The summed E-state index contributed by atoms with van der Waals surface area (Å²) in [6.45, 7) is 7.94. The summed E-state index contributed by atoms with van der Waals surface area (Å²) in [7, 11) is 0. The molecule has 3 rings (SSSR count). The van der Waals surface area contributed by atoms with E-state index in [-0.39, 0.29) is 24.4 Å². The molecule has 1 amide bonds. The van der Waals surface area contributed by atoms with Gasteiger partial charge in [-0.3, -0.25) is 9.69 Å². The number of ether oxygens (including phenoxy) is 2. The average molecular weight is 336 g/mol. The van der Waals surface area contributed by atoms with Gasteiger partial charge in [0.2, 0.25) is 5.91 Å². The third-order valence-electron chi connectivity index (χ3n) is 4.64. The van der Waals surface area contributed by atoms with Crippen molar-refractivity contribution in [3.8, 4) is 0 Å². The Kier molecular flexibility index (Phi) is 5.18. The highest BCUT2D eigenvalue weighted by molar-refractivity contribution is 5.78. The van der Waals surface area contributed by atoms with Crippen molar-refractivity contribution >= 4 is 5.91 Å². The van der Waals surface area contributed by atoms with E-state index in [1.807, 2.05) is 30.9 Å². The zero-order valence-electron chi connectivity index (χ0n) is 14.3. The van der Waals surface area contributed by atoms with Crippen LogP contribution in [-0.4, -0.2) is 66.8 Å². The lowest BCUT2D eigenvalue weighted by Gasteiger charge is -2.44. The van der Waals surface area contributed by atoms with Crippen LogP contribution in [0.5, 0.6) is 0 Å². The molecule has 2 fully saturated rings. The van der Waals surface area contributed by atoms with Gasteiger partial charge < -0.3 is 14.4 Å². The molecule has 2 heterocycles. The Morgan fingerprint density at radius 1 is 1.25 bits per heavy atom. The number of benzene rings is 1. The predicted molar refractivity (Wildman–Crippen MR) is 88.0 cm³/mol. The summed E-state index contributed by atoms with van der Waals surface area (Å²) in [4.78, 5) is 16.3. The topological polar surface area (TPSA) is 42.0 Å². The van der Waals surface area contributed by atoms with Crippen molar-refractivity contribution < 1.29 is 18.7 Å². The maximum atomic E-state index is 13.1. The van der Waals surface area contributed by atoms with Crippen LogP contribution >= 0.6 is 0 Å². The van der Waals surface area contributed by atoms with Gasteiger partial charge in [-0.2, -0.15) is 0 Å². The zero-order valence-corrected chi connectivity index (χ0v) is 14.3. The van der Waals surface area contributed by atoms with Gasteiger partial charge in [-0.25, -0.2) is 4.39 Å². The Morgan fingerprint density at radius 3 is 2.71 bits per heavy atom. The van der Waals surface area contributed by atoms with Crippen LogP contribution in [0.1, 0.15) is 19.4 Å². The van der Waals surface area contributed by atoms with E-state index in [4.69, 9.17) is 9.47 Å². The van der Waals surface area contributed by atoms with Crippen molar-refractivity contribution in [2.75, 3.05) is 39.5 Å². The molecule has 24 heavy (non-hydrogen) atoms. The minimum absolute atomic E-state index is 0.0149. The molecule has 1 atom stereocenters. The summed E-state index contributed by atoms with van der Waals surface area (Å²) in [5.41, 5.74) is 0.578. The van der Waals surface area contributed by atoms with Crippen LogP contribution in [-0.2, 0) is 20.8 Å². The second-order valence-corrected chi connectivity index (χ2v) is 6.98. The maximum Gasteiger partial charge on any atom is 0.248 e. The molecule has 2 saturated heterocycles. The van der Waals surface area contributed by atoms with Gasteiger partial charge in [0, 0.05) is 25.7 Å². The van der Waals surface area contributed by atoms with Crippen LogP contribution in [0.25, 0.3) is 0 Å². The molecule has 0 saturated carbocycles. The second-order valence-electron chi connectivity index (χ2n) is 6.98. The summed E-state index contributed by atoms with van der Waals surface area (Å²) < 4.78 is 24.7. The van der Waals surface area contributed by atoms with Crippen molar-refractivity contribution in [1.82, 2.24) is 9.80 Å². The van der Waals surface area contributed by atoms with Crippen molar-refractivity contribution in [1.29, 1.82) is 0 Å². The van der Waals surface area contributed by atoms with Gasteiger partial charge in [-0.05, 0) is 31.5 Å². The van der Waals surface area contributed by atoms with E-state index < -0.39 is 5.60 Å². The molecule has 0 radical (unpaired) electrons. The minimum atomic E-state index is -0.491. The standard InChI is InChI=1S/C18H25FN2O3/c1-14(2)21-12-18(13-23-10-17(21)22)11-20(7-8-24-18)9-15-3-5-16(19)6-4-15/h3-6,14H,7-13H2,1-2H3. The van der Waals surface area contributed by atoms with Crippen LogP contribution in [0, 0.1) is 5.82 Å². The number of carbonyl (C=O) groups is 1. The molecular formula is C18H25FN2O3. The molecule has 0 aliphatic carbocycles. The first kappa shape index (κ1) is 17.3. The summed E-state index contributed by atoms with van der Waals surface area (Å²) >= 11 is 0. The Morgan fingerprint density at radius 2 is 2.00 bits per heavy atom. The third-order valence-corrected chi connectivity index (χ3v) is 4.64. The van der Waals surface area contributed by atoms with Crippen LogP contribution in [0.3, 0.4) is 0 Å². The summed E-state index contributed by atoms with van der Waals surface area (Å²) in [5, 5.41) is 0. The van der Waals surface area contributed by atoms with E-state index in [1.54, 1.807) is 0 Å². The lowest BCUT2D eigenvalue weighted by atomic mass is 10.0. The molecule has 6 heteroatoms. The van der Waals surface area contributed by atoms with E-state index in [2.05, 4.69) is 4.90 Å². The first-order valence-corrected chi connectivity index (χ1v) is 8.45. The number of carbonyl (C=O) groups excluding carboxylic acids is 1. The summed E-state index contributed by atoms with van der Waals surface area (Å²) in [5.74, 6) is -0.207. The molecule has 0 aromatic heterocycles. The van der Waals surface area contributed by atoms with Gasteiger partial charge in [0.05, 0.1) is 19.8 Å². The third kappa shape index (κ3) is 3.94. The second kappa shape index (κ2) is 7.17. The highest BCUT2D eigenvalue weighted by atomic mass is 19.1. The SMILES string of the molecule is CC(C)N1CC2(COCC1=O)CN(Cc1ccc(F)cc1)CCO2. The number of rotatable bonds is 3. The summed E-state index contributed by atoms with van der Waals surface area (Å²) in [6, 6.07) is 6.71. The van der Waals surface area contributed by atoms with Gasteiger partial charge in [-0.1, -0.05) is 12.1 Å². The van der Waals surface area contributed by atoms with Gasteiger partial charge in [0.1, 0.15) is 18.0 Å². The molecule has 5 nitrogen and oxygen atoms in total. The molecule has 1 spiro atoms. The van der Waals surface area contributed by atoms with Crippen LogP contribution in [0.15, 0.2) is 24.3 Å². The quantitative estimate of drug-likeness (QED) is 0.842. The Hall–Kier alpha value is -1.50. The maximum absolute atomic E-state index is 13.1. The van der Waals surface area contributed by atoms with E-state index in [0.717, 1.165) is 18.7 Å². The Labute approximate surface area is 142 Å². The van der Waals surface area contributed by atoms with Gasteiger partial charge in [-0.15, -0.1) is 0 Å². The van der Waals surface area contributed by atoms with Crippen molar-refractivity contribution in [3.63, 3.8) is 0 Å². The number of hydrogen-bond donors (Lipinski definition) is 0. The Bertz CT molecular complexity index is 578. The number of hydrogen-bond acceptors (Lipinski definition) is 4. The molecule has 1 unspecified atom stereocenters. The van der Waals surface area contributed by atoms with Crippen LogP contribution in [0.2, 0.25) is 0 Å². The predicted octanol–water partition coefficient (Wildman–Crippen LogP) is 1.66. The summed E-state index contributed by atoms with van der Waals surface area (Å²) in [6.07, 6.45) is 0. The highest BCUT2D eigenvalue weighted by Gasteiger charge is 2.42. The average Bonchev–Trinajstić information content (AvgIpc) is 2.69. The van der Waals surface area contributed by atoms with Crippen LogP contribution in [0.4, 0.5) is 4.39 Å². The van der Waals surface area contributed by atoms with Crippen molar-refractivity contribution in [2.45, 2.75) is 32.0 Å². The zero-order chi connectivity index (χ0) is 17.2. The molecule has 1 aromatic rings. The lowest BCUT2D eigenvalue weighted by Crippen LogP contribution is -2.59.